The van der Waals surface area contributed by atoms with Crippen LogP contribution in [-0.2, 0) is 9.59 Å². The summed E-state index contributed by atoms with van der Waals surface area (Å²) >= 11 is 5.82. The summed E-state index contributed by atoms with van der Waals surface area (Å²) in [6.07, 6.45) is 0. The Hall–Kier alpha value is -1.72. The summed E-state index contributed by atoms with van der Waals surface area (Å²) in [7, 11) is 0. The van der Waals surface area contributed by atoms with Crippen LogP contribution < -0.4 is 5.32 Å². The zero-order chi connectivity index (χ0) is 14.0. The van der Waals surface area contributed by atoms with Gasteiger partial charge in [0.1, 0.15) is 0 Å². The van der Waals surface area contributed by atoms with Gasteiger partial charge in [0.15, 0.2) is 5.78 Å². The molecular formula is C13H13ClN2O3. The Morgan fingerprint density at radius 3 is 2.89 bits per heavy atom. The highest BCUT2D eigenvalue weighted by Crippen LogP contribution is 2.13. The number of Topliss-reactive ketones (excluding diaryl/α,β-unsaturated/α-hetero) is 1. The van der Waals surface area contributed by atoms with Crippen LogP contribution >= 0.6 is 11.6 Å². The number of nitrogens with zero attached hydrogens (tertiary/aromatic N) is 1. The van der Waals surface area contributed by atoms with Crippen molar-refractivity contribution in [3.8, 4) is 0 Å². The zero-order valence-electron chi connectivity index (χ0n) is 10.4. The van der Waals surface area contributed by atoms with Crippen molar-refractivity contribution in [3.63, 3.8) is 0 Å². The van der Waals surface area contributed by atoms with E-state index in [1.165, 1.54) is 0 Å². The largest absolute Gasteiger partial charge is 0.294 e. The third kappa shape index (κ3) is 3.19. The van der Waals surface area contributed by atoms with Crippen LogP contribution in [0.15, 0.2) is 24.3 Å². The van der Waals surface area contributed by atoms with Crippen LogP contribution in [0.4, 0.5) is 0 Å². The number of halogens is 1. The molecule has 6 heteroatoms. The van der Waals surface area contributed by atoms with Crippen molar-refractivity contribution in [2.24, 2.45) is 0 Å². The van der Waals surface area contributed by atoms with E-state index < -0.39 is 6.04 Å². The minimum absolute atomic E-state index is 0.0146. The number of benzene rings is 1. The molecule has 1 aliphatic rings. The predicted octanol–water partition coefficient (Wildman–Crippen LogP) is 0.870. The molecule has 1 aliphatic heterocycles. The second kappa shape index (κ2) is 5.50. The molecule has 1 fully saturated rings. The third-order valence-corrected chi connectivity index (χ3v) is 3.26. The van der Waals surface area contributed by atoms with Crippen LogP contribution in [0.1, 0.15) is 17.3 Å². The predicted molar refractivity (Wildman–Crippen MR) is 70.0 cm³/mol. The number of hydrogen-bond donors (Lipinski definition) is 1. The molecule has 100 valence electrons. The molecule has 0 aromatic heterocycles. The lowest BCUT2D eigenvalue weighted by molar-refractivity contribution is -0.139. The molecule has 19 heavy (non-hydrogen) atoms. The Kier molecular flexibility index (Phi) is 3.97. The first-order valence-electron chi connectivity index (χ1n) is 5.84. The van der Waals surface area contributed by atoms with E-state index in [2.05, 4.69) is 5.32 Å². The summed E-state index contributed by atoms with van der Waals surface area (Å²) in [4.78, 5) is 36.4. The van der Waals surface area contributed by atoms with Crippen molar-refractivity contribution in [1.82, 2.24) is 10.2 Å². The normalized spacial score (nSPS) is 20.2. The van der Waals surface area contributed by atoms with Gasteiger partial charge in [-0.05, 0) is 19.1 Å². The highest BCUT2D eigenvalue weighted by atomic mass is 35.5. The summed E-state index contributed by atoms with van der Waals surface area (Å²) in [5.41, 5.74) is 0.470. The molecule has 0 bridgehead atoms. The van der Waals surface area contributed by atoms with Gasteiger partial charge in [-0.15, -0.1) is 0 Å². The average Bonchev–Trinajstić information content (AvgIpc) is 2.35. The molecule has 0 radical (unpaired) electrons. The summed E-state index contributed by atoms with van der Waals surface area (Å²) in [5, 5.41) is 2.71. The Bertz CT molecular complexity index is 544. The number of piperazine rings is 1. The van der Waals surface area contributed by atoms with Crippen LogP contribution in [0, 0.1) is 0 Å². The van der Waals surface area contributed by atoms with Crippen molar-refractivity contribution < 1.29 is 14.4 Å². The fraction of sp³-hybridized carbons (Fsp3) is 0.308. The molecule has 1 atom stereocenters. The molecule has 1 unspecified atom stereocenters. The summed E-state index contributed by atoms with van der Waals surface area (Å²) in [6.45, 7) is 1.72. The van der Waals surface area contributed by atoms with Crippen molar-refractivity contribution in [3.05, 3.63) is 34.9 Å². The van der Waals surface area contributed by atoms with Crippen LogP contribution in [0.25, 0.3) is 0 Å². The van der Waals surface area contributed by atoms with Gasteiger partial charge < -0.3 is 0 Å². The van der Waals surface area contributed by atoms with E-state index in [0.29, 0.717) is 10.6 Å². The molecule has 0 saturated carbocycles. The summed E-state index contributed by atoms with van der Waals surface area (Å²) < 4.78 is 0. The third-order valence-electron chi connectivity index (χ3n) is 3.03. The van der Waals surface area contributed by atoms with Gasteiger partial charge in [0.25, 0.3) is 0 Å². The molecule has 5 nitrogen and oxygen atoms in total. The van der Waals surface area contributed by atoms with E-state index in [1.54, 1.807) is 36.1 Å². The summed E-state index contributed by atoms with van der Waals surface area (Å²) in [6, 6.07) is 6.10. The molecule has 0 spiro atoms. The molecule has 1 saturated heterocycles. The zero-order valence-corrected chi connectivity index (χ0v) is 11.1. The van der Waals surface area contributed by atoms with Crippen LogP contribution in [0.5, 0.6) is 0 Å². The lowest BCUT2D eigenvalue weighted by Gasteiger charge is -2.30. The monoisotopic (exact) mass is 280 g/mol. The first-order valence-corrected chi connectivity index (χ1v) is 6.21. The number of nitrogens with one attached hydrogen (secondary N) is 1. The lowest BCUT2D eigenvalue weighted by Crippen LogP contribution is -2.57. The molecule has 1 aromatic rings. The maximum absolute atomic E-state index is 12.1. The summed E-state index contributed by atoms with van der Waals surface area (Å²) in [5.74, 6) is -0.936. The smallest absolute Gasteiger partial charge is 0.243 e. The molecule has 1 aromatic carbocycles. The van der Waals surface area contributed by atoms with Gasteiger partial charge >= 0.3 is 0 Å². The van der Waals surface area contributed by atoms with Crippen LogP contribution in [0.2, 0.25) is 5.02 Å². The van der Waals surface area contributed by atoms with Crippen molar-refractivity contribution in [2.45, 2.75) is 13.0 Å². The number of rotatable bonds is 3. The average molecular weight is 281 g/mol. The minimum atomic E-state index is -0.499. The number of carbonyl (C=O) groups is 3. The van der Waals surface area contributed by atoms with Gasteiger partial charge in [-0.3, -0.25) is 24.6 Å². The minimum Gasteiger partial charge on any atom is -0.294 e. The number of amides is 2. The molecule has 0 aliphatic carbocycles. The second-order valence-corrected chi connectivity index (χ2v) is 4.86. The maximum Gasteiger partial charge on any atom is 0.243 e. The molecule has 1 heterocycles. The van der Waals surface area contributed by atoms with Crippen molar-refractivity contribution >= 4 is 29.2 Å². The number of carbonyl (C=O) groups excluding carboxylic acids is 3. The van der Waals surface area contributed by atoms with E-state index in [9.17, 15) is 14.4 Å². The number of hydrogen-bond acceptors (Lipinski definition) is 4. The molecule has 2 amide bonds. The van der Waals surface area contributed by atoms with Gasteiger partial charge in [0, 0.05) is 10.6 Å². The fourth-order valence-electron chi connectivity index (χ4n) is 1.90. The highest BCUT2D eigenvalue weighted by Gasteiger charge is 2.31. The molecule has 2 rings (SSSR count). The topological polar surface area (TPSA) is 66.5 Å². The Balaban J connectivity index is 2.10. The van der Waals surface area contributed by atoms with Gasteiger partial charge in [-0.25, -0.2) is 0 Å². The fourth-order valence-corrected chi connectivity index (χ4v) is 2.09. The van der Waals surface area contributed by atoms with Crippen LogP contribution in [-0.4, -0.2) is 41.6 Å². The lowest BCUT2D eigenvalue weighted by atomic mass is 10.1. The first kappa shape index (κ1) is 13.7. The van der Waals surface area contributed by atoms with Crippen molar-refractivity contribution in [1.29, 1.82) is 0 Å². The van der Waals surface area contributed by atoms with E-state index in [0.717, 1.165) is 0 Å². The Morgan fingerprint density at radius 1 is 1.47 bits per heavy atom. The first-order chi connectivity index (χ1) is 8.97. The molecule has 1 N–H and O–H groups in total. The highest BCUT2D eigenvalue weighted by molar-refractivity contribution is 6.31. The van der Waals surface area contributed by atoms with Gasteiger partial charge in [0.05, 0.1) is 19.1 Å². The standard InChI is InChI=1S/C13H13ClN2O3/c1-8-13(19)15-12(18)7-16(8)6-11(17)9-3-2-4-10(14)5-9/h2-5,8H,6-7H2,1H3,(H,15,18,19). The van der Waals surface area contributed by atoms with E-state index >= 15 is 0 Å². The van der Waals surface area contributed by atoms with Gasteiger partial charge in [-0.1, -0.05) is 23.7 Å². The van der Waals surface area contributed by atoms with Crippen molar-refractivity contribution in [2.75, 3.05) is 13.1 Å². The van der Waals surface area contributed by atoms with Gasteiger partial charge in [0.2, 0.25) is 11.8 Å². The SMILES string of the molecule is CC1C(=O)NC(=O)CN1CC(=O)c1cccc(Cl)c1. The van der Waals surface area contributed by atoms with Crippen LogP contribution in [0.3, 0.4) is 0 Å². The van der Waals surface area contributed by atoms with E-state index in [4.69, 9.17) is 11.6 Å². The van der Waals surface area contributed by atoms with E-state index in [1.807, 2.05) is 0 Å². The Morgan fingerprint density at radius 2 is 2.21 bits per heavy atom. The number of ketones is 1. The molecular weight excluding hydrogens is 268 g/mol. The van der Waals surface area contributed by atoms with E-state index in [-0.39, 0.29) is 30.7 Å². The van der Waals surface area contributed by atoms with Gasteiger partial charge in [-0.2, -0.15) is 0 Å². The number of imide groups is 1. The quantitative estimate of drug-likeness (QED) is 0.659. The maximum atomic E-state index is 12.1. The second-order valence-electron chi connectivity index (χ2n) is 4.43. The Labute approximate surface area is 115 Å².